The Bertz CT molecular complexity index is 531. The van der Waals surface area contributed by atoms with Crippen LogP contribution in [0.5, 0.6) is 5.75 Å². The Morgan fingerprint density at radius 3 is 2.26 bits per heavy atom. The molecule has 1 aliphatic rings. The number of benzene rings is 1. The number of rotatable bonds is 16. The Morgan fingerprint density at radius 1 is 0.926 bits per heavy atom. The van der Waals surface area contributed by atoms with Gasteiger partial charge in [0, 0.05) is 0 Å². The third kappa shape index (κ3) is 10.0. The first-order valence-electron chi connectivity index (χ1n) is 11.2. The maximum absolute atomic E-state index is 6.00. The van der Waals surface area contributed by atoms with E-state index in [1.165, 1.54) is 76.2 Å². The molecule has 1 aliphatic heterocycles. The Kier molecular flexibility index (Phi) is 10.6. The number of hydrogen-bond acceptors (Lipinski definition) is 2. The second kappa shape index (κ2) is 13.0. The average Bonchev–Trinajstić information content (AvgIpc) is 3.42. The molecule has 27 heavy (non-hydrogen) atoms. The maximum Gasteiger partial charge on any atom is 0.123 e. The number of aryl methyl sites for hydroxylation is 1. The summed E-state index contributed by atoms with van der Waals surface area (Å²) in [6, 6.07) is 8.49. The largest absolute Gasteiger partial charge is 0.490 e. The summed E-state index contributed by atoms with van der Waals surface area (Å²) in [5.41, 5.74) is 1.30. The first-order valence-corrected chi connectivity index (χ1v) is 11.2. The van der Waals surface area contributed by atoms with Crippen LogP contribution in [0.15, 0.2) is 36.4 Å². The summed E-state index contributed by atoms with van der Waals surface area (Å²) >= 11 is 0. The number of para-hydroxylation sites is 1. The molecule has 0 amide bonds. The molecule has 0 radical (unpaired) electrons. The summed E-state index contributed by atoms with van der Waals surface area (Å²) in [6.07, 6.45) is 20.5. The maximum atomic E-state index is 6.00. The standard InChI is InChI=1S/C25H40O2/c1-3-4-5-6-7-8-9-10-11-12-13-14-15-18-23-19-16-17-20-24(23)26-21-25(2)22-27-25/h6-7,16-17,19-20H,3-5,8-15,18,21-22H2,1-2H3/b7-6+. The second-order valence-electron chi connectivity index (χ2n) is 8.26. The molecule has 1 aromatic rings. The minimum absolute atomic E-state index is 0.0432. The van der Waals surface area contributed by atoms with Gasteiger partial charge in [-0.3, -0.25) is 0 Å². The van der Waals surface area contributed by atoms with Gasteiger partial charge in [0.05, 0.1) is 6.61 Å². The highest BCUT2D eigenvalue weighted by Gasteiger charge is 2.40. The van der Waals surface area contributed by atoms with E-state index in [-0.39, 0.29) is 5.60 Å². The van der Waals surface area contributed by atoms with Gasteiger partial charge in [0.2, 0.25) is 0 Å². The Morgan fingerprint density at radius 2 is 1.56 bits per heavy atom. The highest BCUT2D eigenvalue weighted by atomic mass is 16.6. The van der Waals surface area contributed by atoms with Crippen molar-refractivity contribution >= 4 is 0 Å². The lowest BCUT2D eigenvalue weighted by atomic mass is 10.0. The van der Waals surface area contributed by atoms with Gasteiger partial charge in [0.25, 0.3) is 0 Å². The monoisotopic (exact) mass is 372 g/mol. The van der Waals surface area contributed by atoms with Gasteiger partial charge in [-0.15, -0.1) is 0 Å². The predicted octanol–water partition coefficient (Wildman–Crippen LogP) is 7.26. The van der Waals surface area contributed by atoms with E-state index >= 15 is 0 Å². The number of allylic oxidation sites excluding steroid dienone is 2. The van der Waals surface area contributed by atoms with E-state index in [4.69, 9.17) is 9.47 Å². The molecule has 1 heterocycles. The fourth-order valence-electron chi connectivity index (χ4n) is 3.31. The van der Waals surface area contributed by atoms with Gasteiger partial charge in [0.1, 0.15) is 18.0 Å². The summed E-state index contributed by atoms with van der Waals surface area (Å²) in [7, 11) is 0. The van der Waals surface area contributed by atoms with E-state index in [9.17, 15) is 0 Å². The molecule has 0 saturated carbocycles. The van der Waals surface area contributed by atoms with Crippen LogP contribution in [0.2, 0.25) is 0 Å². The van der Waals surface area contributed by atoms with Crippen LogP contribution in [0.3, 0.4) is 0 Å². The Balaban J connectivity index is 1.47. The zero-order valence-electron chi connectivity index (χ0n) is 17.7. The number of unbranched alkanes of at least 4 members (excludes halogenated alkanes) is 9. The minimum Gasteiger partial charge on any atom is -0.490 e. The predicted molar refractivity (Wildman–Crippen MR) is 116 cm³/mol. The first kappa shape index (κ1) is 22.0. The molecule has 0 bridgehead atoms. The lowest BCUT2D eigenvalue weighted by Gasteiger charge is -2.13. The fourth-order valence-corrected chi connectivity index (χ4v) is 3.31. The van der Waals surface area contributed by atoms with Gasteiger partial charge in [0.15, 0.2) is 0 Å². The third-order valence-electron chi connectivity index (χ3n) is 5.35. The van der Waals surface area contributed by atoms with Crippen LogP contribution in [0, 0.1) is 0 Å². The summed E-state index contributed by atoms with van der Waals surface area (Å²) in [5.74, 6) is 1.04. The molecule has 2 rings (SSSR count). The van der Waals surface area contributed by atoms with Gasteiger partial charge in [-0.25, -0.2) is 0 Å². The van der Waals surface area contributed by atoms with Crippen molar-refractivity contribution in [3.8, 4) is 5.75 Å². The van der Waals surface area contributed by atoms with Crippen molar-refractivity contribution in [1.29, 1.82) is 0 Å². The van der Waals surface area contributed by atoms with Crippen LogP contribution in [-0.4, -0.2) is 18.8 Å². The quantitative estimate of drug-likeness (QED) is 0.173. The number of hydrogen-bond donors (Lipinski definition) is 0. The van der Waals surface area contributed by atoms with Crippen LogP contribution < -0.4 is 4.74 Å². The smallest absolute Gasteiger partial charge is 0.123 e. The summed E-state index contributed by atoms with van der Waals surface area (Å²) in [5, 5.41) is 0. The lowest BCUT2D eigenvalue weighted by molar-refractivity contribution is 0.201. The van der Waals surface area contributed by atoms with Gasteiger partial charge in [-0.2, -0.15) is 0 Å². The zero-order valence-corrected chi connectivity index (χ0v) is 17.7. The SMILES string of the molecule is CCCC/C=C/CCCCCCCCCc1ccccc1OCC1(C)CO1. The molecule has 0 aromatic heterocycles. The van der Waals surface area contributed by atoms with E-state index in [0.29, 0.717) is 6.61 Å². The van der Waals surface area contributed by atoms with Crippen LogP contribution in [0.1, 0.15) is 90.0 Å². The molecule has 1 saturated heterocycles. The van der Waals surface area contributed by atoms with Gasteiger partial charge >= 0.3 is 0 Å². The lowest BCUT2D eigenvalue weighted by Crippen LogP contribution is -2.17. The molecule has 0 aliphatic carbocycles. The van der Waals surface area contributed by atoms with Crippen LogP contribution >= 0.6 is 0 Å². The number of epoxide rings is 1. The second-order valence-corrected chi connectivity index (χ2v) is 8.26. The van der Waals surface area contributed by atoms with E-state index < -0.39 is 0 Å². The molecule has 1 atom stereocenters. The third-order valence-corrected chi connectivity index (χ3v) is 5.35. The minimum atomic E-state index is -0.0432. The molecule has 1 unspecified atom stereocenters. The van der Waals surface area contributed by atoms with Crippen LogP contribution in [0.25, 0.3) is 0 Å². The van der Waals surface area contributed by atoms with E-state index in [0.717, 1.165) is 18.8 Å². The number of ether oxygens (including phenoxy) is 2. The molecule has 152 valence electrons. The Hall–Kier alpha value is -1.28. The topological polar surface area (TPSA) is 21.8 Å². The van der Waals surface area contributed by atoms with Gasteiger partial charge in [-0.05, 0) is 50.7 Å². The van der Waals surface area contributed by atoms with Crippen molar-refractivity contribution in [3.63, 3.8) is 0 Å². The summed E-state index contributed by atoms with van der Waals surface area (Å²) < 4.78 is 11.4. The molecular weight excluding hydrogens is 332 g/mol. The zero-order chi connectivity index (χ0) is 19.2. The van der Waals surface area contributed by atoms with Crippen LogP contribution in [0.4, 0.5) is 0 Å². The summed E-state index contributed by atoms with van der Waals surface area (Å²) in [6.45, 7) is 5.85. The van der Waals surface area contributed by atoms with Crippen molar-refractivity contribution in [2.45, 2.75) is 96.5 Å². The molecule has 0 N–H and O–H groups in total. The van der Waals surface area contributed by atoms with Crippen molar-refractivity contribution < 1.29 is 9.47 Å². The molecule has 2 nitrogen and oxygen atoms in total. The molecular formula is C25H40O2. The van der Waals surface area contributed by atoms with Crippen molar-refractivity contribution in [2.75, 3.05) is 13.2 Å². The highest BCUT2D eigenvalue weighted by molar-refractivity contribution is 5.33. The van der Waals surface area contributed by atoms with Crippen LogP contribution in [-0.2, 0) is 11.2 Å². The van der Waals surface area contributed by atoms with Crippen molar-refractivity contribution in [1.82, 2.24) is 0 Å². The van der Waals surface area contributed by atoms with Gasteiger partial charge in [-0.1, -0.05) is 82.2 Å². The highest BCUT2D eigenvalue weighted by Crippen LogP contribution is 2.28. The van der Waals surface area contributed by atoms with Crippen molar-refractivity contribution in [2.24, 2.45) is 0 Å². The van der Waals surface area contributed by atoms with E-state index in [1.54, 1.807) is 0 Å². The summed E-state index contributed by atoms with van der Waals surface area (Å²) in [4.78, 5) is 0. The normalized spacial score (nSPS) is 18.9. The van der Waals surface area contributed by atoms with Gasteiger partial charge < -0.3 is 9.47 Å². The molecule has 1 aromatic carbocycles. The van der Waals surface area contributed by atoms with Crippen molar-refractivity contribution in [3.05, 3.63) is 42.0 Å². The Labute approximate surface area is 167 Å². The fraction of sp³-hybridized carbons (Fsp3) is 0.680. The molecule has 2 heteroatoms. The average molecular weight is 373 g/mol. The molecule has 1 fully saturated rings. The first-order chi connectivity index (χ1) is 13.2. The molecule has 0 spiro atoms. The van der Waals surface area contributed by atoms with E-state index in [2.05, 4.69) is 50.3 Å². The van der Waals surface area contributed by atoms with E-state index in [1.807, 2.05) is 0 Å².